The minimum atomic E-state index is -0.848. The van der Waals surface area contributed by atoms with Crippen LogP contribution in [0.3, 0.4) is 0 Å². The van der Waals surface area contributed by atoms with Crippen LogP contribution in [0.2, 0.25) is 10.2 Å². The lowest BCUT2D eigenvalue weighted by molar-refractivity contribution is 0.0813. The maximum absolute atomic E-state index is 12.4. The lowest BCUT2D eigenvalue weighted by Gasteiger charge is -2.04. The van der Waals surface area contributed by atoms with E-state index in [1.165, 1.54) is 16.7 Å². The van der Waals surface area contributed by atoms with Crippen molar-refractivity contribution in [2.45, 2.75) is 53.4 Å². The van der Waals surface area contributed by atoms with E-state index in [0.717, 1.165) is 69.5 Å². The lowest BCUT2D eigenvalue weighted by atomic mass is 10.1. The predicted molar refractivity (Wildman–Crippen MR) is 286 cm³/mol. The average Bonchev–Trinajstić information content (AvgIpc) is 4.01. The number of carbonyl (C=O) groups is 2. The number of aromatic nitrogens is 10. The third kappa shape index (κ3) is 13.5. The van der Waals surface area contributed by atoms with Crippen molar-refractivity contribution in [2.24, 2.45) is 0 Å². The van der Waals surface area contributed by atoms with E-state index in [1.807, 2.05) is 105 Å². The summed E-state index contributed by atoms with van der Waals surface area (Å²) in [7, 11) is 3.30. The largest absolute Gasteiger partial charge is 0.497 e. The van der Waals surface area contributed by atoms with Crippen LogP contribution in [-0.2, 0) is 25.7 Å². The number of nitrogens with one attached hydrogen (secondary N) is 3. The van der Waals surface area contributed by atoms with E-state index in [9.17, 15) is 14.4 Å². The minimum absolute atomic E-state index is 0.168. The molecule has 0 aliphatic carbocycles. The fourth-order valence-electron chi connectivity index (χ4n) is 7.31. The van der Waals surface area contributed by atoms with E-state index < -0.39 is 11.6 Å². The summed E-state index contributed by atoms with van der Waals surface area (Å²) in [6.45, 7) is 8.10. The number of aryl methyl sites for hydroxylation is 6. The molecule has 0 bridgehead atoms. The molecule has 0 spiro atoms. The summed E-state index contributed by atoms with van der Waals surface area (Å²) in [5, 5.41) is 32.9. The van der Waals surface area contributed by atoms with Crippen molar-refractivity contribution in [3.05, 3.63) is 205 Å². The molecule has 0 aliphatic rings. The molecule has 0 aliphatic heterocycles. The van der Waals surface area contributed by atoms with Gasteiger partial charge < -0.3 is 14.5 Å². The molecule has 0 radical (unpaired) electrons. The molecule has 370 valence electrons. The number of Topliss-reactive ketones (excluding diaryl/α,β-unsaturated/α-hetero) is 2. The summed E-state index contributed by atoms with van der Waals surface area (Å²) in [6, 6.07) is 43.4. The molecule has 0 fully saturated rings. The molecular formula is C56H52Cl2N10O5. The van der Waals surface area contributed by atoms with Gasteiger partial charge in [0.05, 0.1) is 30.3 Å². The summed E-state index contributed by atoms with van der Waals surface area (Å²) < 4.78 is 10.0. The third-order valence-corrected chi connectivity index (χ3v) is 12.1. The summed E-state index contributed by atoms with van der Waals surface area (Å²) in [6.07, 6.45) is 3.42. The zero-order chi connectivity index (χ0) is 51.9. The van der Waals surface area contributed by atoms with Gasteiger partial charge in [-0.25, -0.2) is 4.98 Å². The number of benzene rings is 6. The number of nitrogens with zero attached hydrogens (tertiary/aromatic N) is 7. The number of ketones is 2. The molecular weight excluding hydrogens is 964 g/mol. The van der Waals surface area contributed by atoms with E-state index >= 15 is 0 Å². The van der Waals surface area contributed by atoms with E-state index in [-0.39, 0.29) is 27.8 Å². The minimum Gasteiger partial charge on any atom is -0.497 e. The molecule has 6 aromatic carbocycles. The summed E-state index contributed by atoms with van der Waals surface area (Å²) >= 11 is 12.0. The highest BCUT2D eigenvalue weighted by Crippen LogP contribution is 2.26. The maximum atomic E-state index is 12.4. The second-order valence-corrected chi connectivity index (χ2v) is 17.2. The van der Waals surface area contributed by atoms with Gasteiger partial charge in [-0.15, -0.1) is 20.4 Å². The highest BCUT2D eigenvalue weighted by atomic mass is 35.5. The van der Waals surface area contributed by atoms with Crippen LogP contribution >= 0.6 is 23.2 Å². The Kier molecular flexibility index (Phi) is 18.0. The zero-order valence-electron chi connectivity index (χ0n) is 41.0. The van der Waals surface area contributed by atoms with Crippen molar-refractivity contribution in [1.29, 1.82) is 0 Å². The Bertz CT molecular complexity index is 3510. The van der Waals surface area contributed by atoms with Crippen molar-refractivity contribution < 1.29 is 19.1 Å². The summed E-state index contributed by atoms with van der Waals surface area (Å²) in [4.78, 5) is 44.0. The number of halogens is 2. The number of carbonyl (C=O) groups excluding carboxylic acids is 2. The first-order valence-corrected chi connectivity index (χ1v) is 24.0. The van der Waals surface area contributed by atoms with E-state index in [4.69, 9.17) is 32.7 Å². The summed E-state index contributed by atoms with van der Waals surface area (Å²) in [5.74, 6) is 0.832. The van der Waals surface area contributed by atoms with E-state index in [2.05, 4.69) is 76.7 Å². The molecule has 73 heavy (non-hydrogen) atoms. The van der Waals surface area contributed by atoms with E-state index in [1.54, 1.807) is 50.6 Å². The maximum Gasteiger partial charge on any atom is 0.273 e. The van der Waals surface area contributed by atoms with Crippen molar-refractivity contribution in [1.82, 2.24) is 50.8 Å². The molecule has 4 heterocycles. The van der Waals surface area contributed by atoms with Gasteiger partial charge in [-0.2, -0.15) is 10.2 Å². The molecule has 0 saturated heterocycles. The monoisotopic (exact) mass is 1010 g/mol. The van der Waals surface area contributed by atoms with Crippen LogP contribution in [0.25, 0.3) is 44.6 Å². The first-order valence-electron chi connectivity index (χ1n) is 23.3. The van der Waals surface area contributed by atoms with Gasteiger partial charge in [0.2, 0.25) is 5.78 Å². The van der Waals surface area contributed by atoms with Gasteiger partial charge in [0, 0.05) is 45.3 Å². The van der Waals surface area contributed by atoms with Crippen molar-refractivity contribution in [3.8, 4) is 34.3 Å². The van der Waals surface area contributed by atoms with Crippen molar-refractivity contribution in [2.75, 3.05) is 14.2 Å². The molecule has 0 saturated carbocycles. The predicted octanol–water partition coefficient (Wildman–Crippen LogP) is 11.4. The number of ether oxygens (including phenoxy) is 2. The normalized spacial score (nSPS) is 10.6. The van der Waals surface area contributed by atoms with Gasteiger partial charge in [-0.3, -0.25) is 24.6 Å². The molecule has 3 N–H and O–H groups in total. The Hall–Kier alpha value is -8.40. The highest BCUT2D eigenvalue weighted by Gasteiger charge is 2.24. The molecule has 0 unspecified atom stereocenters. The molecule has 10 aromatic rings. The second kappa shape index (κ2) is 25.1. The molecule has 17 heteroatoms. The first kappa shape index (κ1) is 52.4. The number of hydrogen-bond donors (Lipinski definition) is 3. The Balaban J connectivity index is 0.000000155. The van der Waals surface area contributed by atoms with Gasteiger partial charge in [-0.05, 0) is 110 Å². The molecule has 4 aromatic heterocycles. The van der Waals surface area contributed by atoms with Crippen molar-refractivity contribution in [3.63, 3.8) is 0 Å². The molecule has 10 rings (SSSR count). The summed E-state index contributed by atoms with van der Waals surface area (Å²) in [5.41, 5.74) is 9.08. The fraction of sp³-hybridized carbons (Fsp3) is 0.179. The zero-order valence-corrected chi connectivity index (χ0v) is 42.5. The van der Waals surface area contributed by atoms with Gasteiger partial charge in [0.1, 0.15) is 17.2 Å². The second-order valence-electron chi connectivity index (χ2n) is 16.4. The number of rotatable bonds is 12. The van der Waals surface area contributed by atoms with Gasteiger partial charge >= 0.3 is 0 Å². The van der Waals surface area contributed by atoms with Crippen LogP contribution in [0, 0.1) is 13.8 Å². The standard InChI is InChI=1S/C19H12ClN5O2.C19H17N5O.C9H11ClO.C9H12O/c1-10-13-9-12(7-8-14(13)23-22-10)19-21-18(20)15(24-25-19)17(27)16(26)11-5-3-2-4-6-11;1-12-15-11-14(8-10-16(15)22-21-12)18-20-19(25)17(23-24-18)9-7-13-5-3-2-4-6-13;1-3-7-4-5-9(11-2)8(10)6-7;1-3-8-4-6-9(10-2)7-5-8/h2-9H,1H3,(H,22,23);2-6,8,10-11H,7,9H2,1H3,(H,21,22)(H,20,24,25);4-6H,3H2,1-2H3;4-7H,3H2,1-2H3. The quantitative estimate of drug-likeness (QED) is 0.0772. The fourth-order valence-corrected chi connectivity index (χ4v) is 7.80. The lowest BCUT2D eigenvalue weighted by Crippen LogP contribution is -2.18. The van der Waals surface area contributed by atoms with Crippen LogP contribution in [0.15, 0.2) is 144 Å². The molecule has 0 atom stereocenters. The number of methoxy groups -OCH3 is 2. The number of H-pyrrole nitrogens is 3. The Labute approximate surface area is 431 Å². The average molecular weight is 1020 g/mol. The smallest absolute Gasteiger partial charge is 0.273 e. The first-order chi connectivity index (χ1) is 35.4. The van der Waals surface area contributed by atoms with Crippen LogP contribution in [0.1, 0.15) is 68.5 Å². The number of aromatic amines is 3. The number of hydrogen-bond acceptors (Lipinski definition) is 12. The van der Waals surface area contributed by atoms with Crippen LogP contribution < -0.4 is 15.0 Å². The van der Waals surface area contributed by atoms with Gasteiger partial charge in [0.15, 0.2) is 22.5 Å². The Morgan fingerprint density at radius 1 is 0.589 bits per heavy atom. The highest BCUT2D eigenvalue weighted by molar-refractivity contribution is 6.51. The third-order valence-electron chi connectivity index (χ3n) is 11.6. The van der Waals surface area contributed by atoms with Crippen molar-refractivity contribution >= 4 is 56.6 Å². The molecule has 0 amide bonds. The van der Waals surface area contributed by atoms with Crippen LogP contribution in [0.4, 0.5) is 0 Å². The van der Waals surface area contributed by atoms with Crippen LogP contribution in [0.5, 0.6) is 11.5 Å². The topological polar surface area (TPSA) is 207 Å². The SMILES string of the molecule is CCc1ccc(OC)c(Cl)c1.CCc1ccc(OC)cc1.Cc1[nH]nc2ccc(-c3nnc(C(=O)C(=O)c4ccccc4)c(Cl)n3)cc12.Cc1[nH]nc2ccc(-c3nnc(CCc4ccccc4)c(=O)[nH]3)cc12. The van der Waals surface area contributed by atoms with Gasteiger partial charge in [-0.1, -0.05) is 116 Å². The Morgan fingerprint density at radius 3 is 1.77 bits per heavy atom. The van der Waals surface area contributed by atoms with Gasteiger partial charge in [0.25, 0.3) is 11.3 Å². The molecule has 15 nitrogen and oxygen atoms in total. The number of fused-ring (bicyclic) bond motifs is 2. The van der Waals surface area contributed by atoms with E-state index in [0.29, 0.717) is 28.5 Å². The van der Waals surface area contributed by atoms with Crippen LogP contribution in [-0.4, -0.2) is 76.5 Å². The Morgan fingerprint density at radius 2 is 1.19 bits per heavy atom.